The molecule has 0 amide bonds. The molecule has 0 unspecified atom stereocenters. The highest BCUT2D eigenvalue weighted by Crippen LogP contribution is 2.32. The summed E-state index contributed by atoms with van der Waals surface area (Å²) in [6.07, 6.45) is 2.01. The van der Waals surface area contributed by atoms with Crippen LogP contribution in [0.1, 0.15) is 11.1 Å². The van der Waals surface area contributed by atoms with Crippen molar-refractivity contribution in [2.24, 2.45) is 0 Å². The van der Waals surface area contributed by atoms with Crippen LogP contribution in [0.2, 0.25) is 0 Å². The van der Waals surface area contributed by atoms with E-state index in [1.54, 1.807) is 12.1 Å². The molecule has 3 nitrogen and oxygen atoms in total. The van der Waals surface area contributed by atoms with E-state index in [1.165, 1.54) is 6.07 Å². The Morgan fingerprint density at radius 3 is 2.35 bits per heavy atom. The molecule has 0 spiro atoms. The summed E-state index contributed by atoms with van der Waals surface area (Å²) in [6, 6.07) is 12.7. The van der Waals surface area contributed by atoms with Gasteiger partial charge in [0, 0.05) is 0 Å². The van der Waals surface area contributed by atoms with Crippen LogP contribution in [0.4, 0.5) is 0 Å². The van der Waals surface area contributed by atoms with E-state index in [0.29, 0.717) is 12.0 Å². The van der Waals surface area contributed by atoms with Gasteiger partial charge < -0.3 is 0 Å². The van der Waals surface area contributed by atoms with E-state index in [0.717, 1.165) is 16.7 Å². The Hall–Kier alpha value is -1.91. The molecule has 0 aliphatic heterocycles. The molecule has 0 saturated heterocycles. The van der Waals surface area contributed by atoms with Crippen molar-refractivity contribution in [2.45, 2.75) is 18.2 Å². The van der Waals surface area contributed by atoms with Gasteiger partial charge in [-0.05, 0) is 41.7 Å². The second-order valence-electron chi connectivity index (χ2n) is 4.57. The summed E-state index contributed by atoms with van der Waals surface area (Å²) in [5.41, 5.74) is 3.29. The summed E-state index contributed by atoms with van der Waals surface area (Å²) in [4.78, 5) is -0.0538. The SMILES string of the molecule is C=CCc1c(S(=O)(=O)O)ccc(C)c1-c1ccccc1. The van der Waals surface area contributed by atoms with Gasteiger partial charge in [-0.2, -0.15) is 8.42 Å². The second kappa shape index (κ2) is 5.61. The smallest absolute Gasteiger partial charge is 0.282 e. The van der Waals surface area contributed by atoms with E-state index >= 15 is 0 Å². The van der Waals surface area contributed by atoms with Gasteiger partial charge in [0.2, 0.25) is 0 Å². The molecule has 0 aliphatic carbocycles. The molecular weight excluding hydrogens is 272 g/mol. The van der Waals surface area contributed by atoms with Crippen LogP contribution >= 0.6 is 0 Å². The van der Waals surface area contributed by atoms with Crippen molar-refractivity contribution >= 4 is 10.1 Å². The molecule has 104 valence electrons. The lowest BCUT2D eigenvalue weighted by Crippen LogP contribution is -2.05. The molecule has 0 bridgehead atoms. The Bertz CT molecular complexity index is 732. The van der Waals surface area contributed by atoms with Crippen LogP contribution in [-0.2, 0) is 16.5 Å². The average molecular weight is 288 g/mol. The molecule has 0 radical (unpaired) electrons. The second-order valence-corrected chi connectivity index (χ2v) is 5.96. The predicted octanol–water partition coefficient (Wildman–Crippen LogP) is 3.64. The van der Waals surface area contributed by atoms with Gasteiger partial charge in [0.05, 0.1) is 4.90 Å². The first kappa shape index (κ1) is 14.5. The van der Waals surface area contributed by atoms with Crippen LogP contribution in [0, 0.1) is 6.92 Å². The maximum atomic E-state index is 11.5. The Balaban J connectivity index is 2.82. The fourth-order valence-electron chi connectivity index (χ4n) is 2.34. The summed E-state index contributed by atoms with van der Waals surface area (Å²) in [7, 11) is -4.25. The van der Waals surface area contributed by atoms with Gasteiger partial charge in [-0.15, -0.1) is 6.58 Å². The first-order valence-corrected chi connectivity index (χ1v) is 7.65. The normalized spacial score (nSPS) is 11.3. The Kier molecular flexibility index (Phi) is 4.06. The fraction of sp³-hybridized carbons (Fsp3) is 0.125. The van der Waals surface area contributed by atoms with Crippen molar-refractivity contribution in [3.63, 3.8) is 0 Å². The highest BCUT2D eigenvalue weighted by Gasteiger charge is 2.19. The third kappa shape index (κ3) is 2.81. The van der Waals surface area contributed by atoms with Crippen LogP contribution < -0.4 is 0 Å². The van der Waals surface area contributed by atoms with Crippen LogP contribution in [-0.4, -0.2) is 13.0 Å². The van der Waals surface area contributed by atoms with Gasteiger partial charge in [-0.1, -0.05) is 42.5 Å². The Morgan fingerprint density at radius 1 is 1.15 bits per heavy atom. The van der Waals surface area contributed by atoms with E-state index in [-0.39, 0.29) is 4.90 Å². The number of benzene rings is 2. The monoisotopic (exact) mass is 288 g/mol. The fourth-order valence-corrected chi connectivity index (χ4v) is 3.08. The minimum Gasteiger partial charge on any atom is -0.282 e. The first-order valence-electron chi connectivity index (χ1n) is 6.21. The van der Waals surface area contributed by atoms with Gasteiger partial charge in [0.25, 0.3) is 10.1 Å². The predicted molar refractivity (Wildman–Crippen MR) is 80.3 cm³/mol. The maximum Gasteiger partial charge on any atom is 0.294 e. The molecule has 0 fully saturated rings. The van der Waals surface area contributed by atoms with Gasteiger partial charge in [-0.3, -0.25) is 4.55 Å². The zero-order valence-electron chi connectivity index (χ0n) is 11.2. The average Bonchev–Trinajstić information content (AvgIpc) is 2.39. The molecule has 0 saturated carbocycles. The maximum absolute atomic E-state index is 11.5. The summed E-state index contributed by atoms with van der Waals surface area (Å²) in [6.45, 7) is 5.59. The first-order chi connectivity index (χ1) is 9.45. The molecule has 2 aromatic carbocycles. The third-order valence-corrected chi connectivity index (χ3v) is 4.11. The lowest BCUT2D eigenvalue weighted by molar-refractivity contribution is 0.482. The molecule has 4 heteroatoms. The van der Waals surface area contributed by atoms with Crippen LogP contribution in [0.5, 0.6) is 0 Å². The number of aryl methyl sites for hydroxylation is 1. The van der Waals surface area contributed by atoms with Crippen molar-refractivity contribution in [2.75, 3.05) is 0 Å². The van der Waals surface area contributed by atoms with E-state index in [2.05, 4.69) is 6.58 Å². The minimum atomic E-state index is -4.25. The van der Waals surface area contributed by atoms with Gasteiger partial charge in [0.1, 0.15) is 0 Å². The van der Waals surface area contributed by atoms with Crippen molar-refractivity contribution < 1.29 is 13.0 Å². The van der Waals surface area contributed by atoms with Gasteiger partial charge in [-0.25, -0.2) is 0 Å². The van der Waals surface area contributed by atoms with E-state index in [9.17, 15) is 13.0 Å². The number of allylic oxidation sites excluding steroid dienone is 1. The van der Waals surface area contributed by atoms with E-state index in [4.69, 9.17) is 0 Å². The van der Waals surface area contributed by atoms with Crippen molar-refractivity contribution in [1.82, 2.24) is 0 Å². The summed E-state index contributed by atoms with van der Waals surface area (Å²) >= 11 is 0. The van der Waals surface area contributed by atoms with Gasteiger partial charge in [0.15, 0.2) is 0 Å². The molecular formula is C16H16O3S. The quantitative estimate of drug-likeness (QED) is 0.690. The summed E-state index contributed by atoms with van der Waals surface area (Å²) < 4.78 is 32.5. The molecule has 0 atom stereocenters. The molecule has 0 aromatic heterocycles. The van der Waals surface area contributed by atoms with Crippen LogP contribution in [0.3, 0.4) is 0 Å². The molecule has 1 N–H and O–H groups in total. The molecule has 2 aromatic rings. The Morgan fingerprint density at radius 2 is 1.80 bits per heavy atom. The largest absolute Gasteiger partial charge is 0.294 e. The number of hydrogen-bond acceptors (Lipinski definition) is 2. The molecule has 0 aliphatic rings. The number of rotatable bonds is 4. The number of hydrogen-bond donors (Lipinski definition) is 1. The summed E-state index contributed by atoms with van der Waals surface area (Å²) in [5.74, 6) is 0. The highest BCUT2D eigenvalue weighted by atomic mass is 32.2. The van der Waals surface area contributed by atoms with E-state index in [1.807, 2.05) is 37.3 Å². The topological polar surface area (TPSA) is 54.4 Å². The third-order valence-electron chi connectivity index (χ3n) is 3.17. The molecule has 20 heavy (non-hydrogen) atoms. The van der Waals surface area contributed by atoms with Gasteiger partial charge >= 0.3 is 0 Å². The van der Waals surface area contributed by atoms with Crippen molar-refractivity contribution in [3.05, 3.63) is 66.2 Å². The zero-order chi connectivity index (χ0) is 14.8. The summed E-state index contributed by atoms with van der Waals surface area (Å²) in [5, 5.41) is 0. The van der Waals surface area contributed by atoms with Crippen molar-refractivity contribution in [3.8, 4) is 11.1 Å². The van der Waals surface area contributed by atoms with Crippen LogP contribution in [0.25, 0.3) is 11.1 Å². The molecule has 2 rings (SSSR count). The van der Waals surface area contributed by atoms with Crippen molar-refractivity contribution in [1.29, 1.82) is 0 Å². The highest BCUT2D eigenvalue weighted by molar-refractivity contribution is 7.85. The minimum absolute atomic E-state index is 0.0538. The lowest BCUT2D eigenvalue weighted by Gasteiger charge is -2.15. The van der Waals surface area contributed by atoms with E-state index < -0.39 is 10.1 Å². The standard InChI is InChI=1S/C16H16O3S/c1-3-7-14-15(20(17,18)19)11-10-12(2)16(14)13-8-5-4-6-9-13/h3-6,8-11H,1,7H2,2H3,(H,17,18,19). The Labute approximate surface area is 119 Å². The lowest BCUT2D eigenvalue weighted by atomic mass is 9.93. The van der Waals surface area contributed by atoms with Crippen LogP contribution in [0.15, 0.2) is 60.0 Å². The zero-order valence-corrected chi connectivity index (χ0v) is 12.0. The molecule has 0 heterocycles.